The summed E-state index contributed by atoms with van der Waals surface area (Å²) in [4.78, 5) is 12.2. The second kappa shape index (κ2) is 7.79. The smallest absolute Gasteiger partial charge is 0.255 e. The standard InChI is InChI=1S/C18H15FN2O3/c1-24-17-7-6-14(19)10-15(17)18(23)21-11-12-2-4-13(5-3-12)16(22)8-9-20/h2-8,10,22H,11H2,1H3,(H,21,23)/b16-8-. The maximum Gasteiger partial charge on any atom is 0.255 e. The third-order valence-electron chi connectivity index (χ3n) is 3.31. The topological polar surface area (TPSA) is 82.3 Å². The molecular weight excluding hydrogens is 311 g/mol. The maximum atomic E-state index is 13.3. The van der Waals surface area contributed by atoms with E-state index < -0.39 is 11.7 Å². The van der Waals surface area contributed by atoms with Crippen molar-refractivity contribution in [2.24, 2.45) is 0 Å². The summed E-state index contributed by atoms with van der Waals surface area (Å²) in [5.41, 5.74) is 1.40. The molecule has 2 rings (SSSR count). The van der Waals surface area contributed by atoms with E-state index in [1.807, 2.05) is 0 Å². The van der Waals surface area contributed by atoms with E-state index in [1.165, 1.54) is 19.2 Å². The summed E-state index contributed by atoms with van der Waals surface area (Å²) in [6.45, 7) is 0.224. The number of aliphatic hydroxyl groups is 1. The summed E-state index contributed by atoms with van der Waals surface area (Å²) in [5.74, 6) is -0.818. The van der Waals surface area contributed by atoms with Crippen LogP contribution in [-0.2, 0) is 6.54 Å². The van der Waals surface area contributed by atoms with Gasteiger partial charge in [-0.25, -0.2) is 4.39 Å². The van der Waals surface area contributed by atoms with Gasteiger partial charge in [-0.15, -0.1) is 0 Å². The lowest BCUT2D eigenvalue weighted by Gasteiger charge is -2.10. The van der Waals surface area contributed by atoms with Gasteiger partial charge in [0.2, 0.25) is 0 Å². The third-order valence-corrected chi connectivity index (χ3v) is 3.31. The highest BCUT2D eigenvalue weighted by Gasteiger charge is 2.13. The molecule has 0 spiro atoms. The number of hydrogen-bond donors (Lipinski definition) is 2. The van der Waals surface area contributed by atoms with E-state index in [0.29, 0.717) is 5.56 Å². The zero-order valence-corrected chi connectivity index (χ0v) is 12.9. The monoisotopic (exact) mass is 326 g/mol. The van der Waals surface area contributed by atoms with Gasteiger partial charge in [-0.1, -0.05) is 24.3 Å². The summed E-state index contributed by atoms with van der Waals surface area (Å²) in [6, 6.07) is 12.1. The average Bonchev–Trinajstić information content (AvgIpc) is 2.60. The number of ether oxygens (including phenoxy) is 1. The molecule has 0 atom stereocenters. The van der Waals surface area contributed by atoms with E-state index in [1.54, 1.807) is 30.3 Å². The van der Waals surface area contributed by atoms with Crippen LogP contribution in [0.4, 0.5) is 4.39 Å². The van der Waals surface area contributed by atoms with Gasteiger partial charge >= 0.3 is 0 Å². The maximum absolute atomic E-state index is 13.3. The number of halogens is 1. The molecule has 122 valence electrons. The number of aliphatic hydroxyl groups excluding tert-OH is 1. The van der Waals surface area contributed by atoms with Gasteiger partial charge in [-0.2, -0.15) is 5.26 Å². The fourth-order valence-electron chi connectivity index (χ4n) is 2.07. The van der Waals surface area contributed by atoms with E-state index >= 15 is 0 Å². The number of methoxy groups -OCH3 is 1. The predicted octanol–water partition coefficient (Wildman–Crippen LogP) is 3.19. The molecule has 0 aromatic heterocycles. The molecule has 24 heavy (non-hydrogen) atoms. The van der Waals surface area contributed by atoms with Crippen molar-refractivity contribution in [2.75, 3.05) is 7.11 Å². The van der Waals surface area contributed by atoms with Crippen molar-refractivity contribution >= 4 is 11.7 Å². The number of nitrogens with zero attached hydrogens (tertiary/aromatic N) is 1. The van der Waals surface area contributed by atoms with Crippen LogP contribution in [0.3, 0.4) is 0 Å². The summed E-state index contributed by atoms with van der Waals surface area (Å²) in [5, 5.41) is 20.8. The summed E-state index contributed by atoms with van der Waals surface area (Å²) in [6.07, 6.45) is 1.03. The minimum atomic E-state index is -0.523. The van der Waals surface area contributed by atoms with Crippen LogP contribution in [0.5, 0.6) is 5.75 Å². The Labute approximate surface area is 138 Å². The fraction of sp³-hybridized carbons (Fsp3) is 0.111. The quantitative estimate of drug-likeness (QED) is 0.653. The van der Waals surface area contributed by atoms with E-state index in [9.17, 15) is 14.3 Å². The van der Waals surface area contributed by atoms with Gasteiger partial charge in [0.15, 0.2) is 0 Å². The lowest BCUT2D eigenvalue weighted by molar-refractivity contribution is 0.0947. The Morgan fingerprint density at radius 3 is 2.67 bits per heavy atom. The van der Waals surface area contributed by atoms with Crippen LogP contribution in [0, 0.1) is 17.1 Å². The van der Waals surface area contributed by atoms with E-state index in [0.717, 1.165) is 17.7 Å². The molecule has 0 saturated heterocycles. The number of nitrogens with one attached hydrogen (secondary N) is 1. The number of benzene rings is 2. The molecular formula is C18H15FN2O3. The lowest BCUT2D eigenvalue weighted by Crippen LogP contribution is -2.23. The molecule has 1 amide bonds. The SMILES string of the molecule is COc1ccc(F)cc1C(=O)NCc1ccc(/C(O)=C/C#N)cc1. The zero-order valence-electron chi connectivity index (χ0n) is 12.9. The highest BCUT2D eigenvalue weighted by molar-refractivity contribution is 5.96. The normalized spacial score (nSPS) is 10.8. The first kappa shape index (κ1) is 17.0. The average molecular weight is 326 g/mol. The van der Waals surface area contributed by atoms with Crippen molar-refractivity contribution < 1.29 is 19.0 Å². The number of hydrogen-bond acceptors (Lipinski definition) is 4. The van der Waals surface area contributed by atoms with Crippen LogP contribution in [0.15, 0.2) is 48.5 Å². The second-order valence-corrected chi connectivity index (χ2v) is 4.88. The number of carbonyl (C=O) groups excluding carboxylic acids is 1. The molecule has 6 heteroatoms. The first-order valence-corrected chi connectivity index (χ1v) is 7.05. The minimum absolute atomic E-state index is 0.115. The number of allylic oxidation sites excluding steroid dienone is 1. The summed E-state index contributed by atoms with van der Waals surface area (Å²) < 4.78 is 18.4. The zero-order chi connectivity index (χ0) is 17.5. The molecule has 0 unspecified atom stereocenters. The Balaban J connectivity index is 2.06. The third kappa shape index (κ3) is 4.11. The fourth-order valence-corrected chi connectivity index (χ4v) is 2.07. The highest BCUT2D eigenvalue weighted by Crippen LogP contribution is 2.19. The largest absolute Gasteiger partial charge is 0.507 e. The molecule has 0 bridgehead atoms. The molecule has 0 aliphatic rings. The molecule has 2 N–H and O–H groups in total. The molecule has 0 heterocycles. The molecule has 0 radical (unpaired) electrons. The number of amides is 1. The van der Waals surface area contributed by atoms with Crippen molar-refractivity contribution in [3.05, 3.63) is 71.0 Å². The number of rotatable bonds is 5. The Hall–Kier alpha value is -3.33. The van der Waals surface area contributed by atoms with Crippen molar-refractivity contribution in [3.63, 3.8) is 0 Å². The van der Waals surface area contributed by atoms with Crippen molar-refractivity contribution in [3.8, 4) is 11.8 Å². The van der Waals surface area contributed by atoms with Gasteiger partial charge in [0, 0.05) is 12.1 Å². The van der Waals surface area contributed by atoms with Crippen LogP contribution in [0.25, 0.3) is 5.76 Å². The molecule has 2 aromatic carbocycles. The Morgan fingerprint density at radius 1 is 1.33 bits per heavy atom. The molecule has 0 fully saturated rings. The van der Waals surface area contributed by atoms with Crippen molar-refractivity contribution in [1.82, 2.24) is 5.32 Å². The number of carbonyl (C=O) groups is 1. The first-order valence-electron chi connectivity index (χ1n) is 7.05. The van der Waals surface area contributed by atoms with Gasteiger partial charge in [-0.05, 0) is 23.8 Å². The van der Waals surface area contributed by atoms with Crippen LogP contribution in [-0.4, -0.2) is 18.1 Å². The van der Waals surface area contributed by atoms with Crippen LogP contribution >= 0.6 is 0 Å². The summed E-state index contributed by atoms with van der Waals surface area (Å²) >= 11 is 0. The van der Waals surface area contributed by atoms with Crippen LogP contribution in [0.1, 0.15) is 21.5 Å². The van der Waals surface area contributed by atoms with E-state index in [4.69, 9.17) is 10.00 Å². The summed E-state index contributed by atoms with van der Waals surface area (Å²) in [7, 11) is 1.41. The Bertz CT molecular complexity index is 808. The first-order chi connectivity index (χ1) is 11.5. The van der Waals surface area contributed by atoms with E-state index in [2.05, 4.69) is 5.32 Å². The number of nitriles is 1. The molecule has 0 aliphatic heterocycles. The molecule has 2 aromatic rings. The second-order valence-electron chi connectivity index (χ2n) is 4.88. The lowest BCUT2D eigenvalue weighted by atomic mass is 10.1. The molecule has 0 saturated carbocycles. The van der Waals surface area contributed by atoms with Gasteiger partial charge in [0.1, 0.15) is 17.3 Å². The van der Waals surface area contributed by atoms with Crippen molar-refractivity contribution in [1.29, 1.82) is 5.26 Å². The van der Waals surface area contributed by atoms with Crippen LogP contribution in [0.2, 0.25) is 0 Å². The van der Waals surface area contributed by atoms with Gasteiger partial charge < -0.3 is 15.2 Å². The Morgan fingerprint density at radius 2 is 2.04 bits per heavy atom. The molecule has 5 nitrogen and oxygen atoms in total. The van der Waals surface area contributed by atoms with Crippen molar-refractivity contribution in [2.45, 2.75) is 6.54 Å². The Kier molecular flexibility index (Phi) is 5.53. The minimum Gasteiger partial charge on any atom is -0.507 e. The molecule has 0 aliphatic carbocycles. The predicted molar refractivity (Wildman–Crippen MR) is 86.8 cm³/mol. The van der Waals surface area contributed by atoms with Gasteiger partial charge in [0.25, 0.3) is 5.91 Å². The van der Waals surface area contributed by atoms with Gasteiger partial charge in [0.05, 0.1) is 24.8 Å². The van der Waals surface area contributed by atoms with Crippen LogP contribution < -0.4 is 10.1 Å². The van der Waals surface area contributed by atoms with E-state index in [-0.39, 0.29) is 23.6 Å². The highest BCUT2D eigenvalue weighted by atomic mass is 19.1. The van der Waals surface area contributed by atoms with Gasteiger partial charge in [-0.3, -0.25) is 4.79 Å².